The Morgan fingerprint density at radius 1 is 1.29 bits per heavy atom. The summed E-state index contributed by atoms with van der Waals surface area (Å²) in [6, 6.07) is 7.82. The van der Waals surface area contributed by atoms with Crippen LogP contribution >= 0.6 is 15.9 Å². The first-order chi connectivity index (χ1) is 8.08. The molecule has 1 aromatic heterocycles. The third-order valence-electron chi connectivity index (χ3n) is 2.20. The number of ether oxygens (including phenoxy) is 1. The van der Waals surface area contributed by atoms with E-state index in [-0.39, 0.29) is 11.4 Å². The van der Waals surface area contributed by atoms with Gasteiger partial charge < -0.3 is 10.5 Å². The van der Waals surface area contributed by atoms with Gasteiger partial charge in [0, 0.05) is 10.5 Å². The standard InChI is InChI=1S/C12H10BrFN2O/c1-7-8(13)5-6-11(16-7)17-12-9(14)3-2-4-10(12)15/h2-6H,15H2,1H3. The second-order valence-electron chi connectivity index (χ2n) is 3.48. The van der Waals surface area contributed by atoms with Crippen molar-refractivity contribution >= 4 is 21.6 Å². The Kier molecular flexibility index (Phi) is 3.28. The quantitative estimate of drug-likeness (QED) is 0.860. The lowest BCUT2D eigenvalue weighted by molar-refractivity contribution is 0.429. The molecule has 0 aliphatic heterocycles. The van der Waals surface area contributed by atoms with Crippen molar-refractivity contribution in [2.45, 2.75) is 6.92 Å². The summed E-state index contributed by atoms with van der Waals surface area (Å²) in [5.74, 6) is -0.198. The topological polar surface area (TPSA) is 48.1 Å². The average molecular weight is 297 g/mol. The molecule has 1 heterocycles. The summed E-state index contributed by atoms with van der Waals surface area (Å²) in [5.41, 5.74) is 6.64. The van der Waals surface area contributed by atoms with Crippen LogP contribution in [0.3, 0.4) is 0 Å². The number of pyridine rings is 1. The molecule has 0 bridgehead atoms. The summed E-state index contributed by atoms with van der Waals surface area (Å²) in [6.45, 7) is 1.82. The van der Waals surface area contributed by atoms with Crippen molar-refractivity contribution in [3.05, 3.63) is 46.3 Å². The molecule has 0 aliphatic carbocycles. The molecule has 0 spiro atoms. The maximum absolute atomic E-state index is 13.5. The SMILES string of the molecule is Cc1nc(Oc2c(N)cccc2F)ccc1Br. The van der Waals surface area contributed by atoms with Crippen LogP contribution in [-0.4, -0.2) is 4.98 Å². The van der Waals surface area contributed by atoms with E-state index in [0.717, 1.165) is 10.2 Å². The van der Waals surface area contributed by atoms with Crippen molar-refractivity contribution in [3.63, 3.8) is 0 Å². The number of benzene rings is 1. The van der Waals surface area contributed by atoms with Crippen LogP contribution in [0.2, 0.25) is 0 Å². The molecule has 0 unspecified atom stereocenters. The highest BCUT2D eigenvalue weighted by molar-refractivity contribution is 9.10. The van der Waals surface area contributed by atoms with Crippen LogP contribution in [0.5, 0.6) is 11.6 Å². The van der Waals surface area contributed by atoms with Crippen molar-refractivity contribution < 1.29 is 9.13 Å². The largest absolute Gasteiger partial charge is 0.434 e. The second kappa shape index (κ2) is 4.71. The van der Waals surface area contributed by atoms with Gasteiger partial charge in [-0.2, -0.15) is 0 Å². The van der Waals surface area contributed by atoms with Crippen molar-refractivity contribution in [3.8, 4) is 11.6 Å². The minimum atomic E-state index is -0.507. The second-order valence-corrected chi connectivity index (χ2v) is 4.33. The summed E-state index contributed by atoms with van der Waals surface area (Å²) >= 11 is 3.33. The van der Waals surface area contributed by atoms with Gasteiger partial charge in [-0.1, -0.05) is 6.07 Å². The first-order valence-corrected chi connectivity index (χ1v) is 5.72. The van der Waals surface area contributed by atoms with Crippen LogP contribution in [0, 0.1) is 12.7 Å². The average Bonchev–Trinajstić information content (AvgIpc) is 2.28. The minimum absolute atomic E-state index is 0.00159. The van der Waals surface area contributed by atoms with Crippen LogP contribution in [0.25, 0.3) is 0 Å². The lowest BCUT2D eigenvalue weighted by Gasteiger charge is -2.09. The Labute approximate surface area is 107 Å². The van der Waals surface area contributed by atoms with Gasteiger partial charge in [0.2, 0.25) is 5.88 Å². The number of halogens is 2. The highest BCUT2D eigenvalue weighted by Gasteiger charge is 2.09. The highest BCUT2D eigenvalue weighted by atomic mass is 79.9. The van der Waals surface area contributed by atoms with Crippen LogP contribution < -0.4 is 10.5 Å². The Bertz CT molecular complexity index is 540. The third kappa shape index (κ3) is 2.55. The fourth-order valence-electron chi connectivity index (χ4n) is 1.32. The van der Waals surface area contributed by atoms with Crippen LogP contribution in [0.15, 0.2) is 34.8 Å². The van der Waals surface area contributed by atoms with Crippen LogP contribution in [0.4, 0.5) is 10.1 Å². The summed E-state index contributed by atoms with van der Waals surface area (Å²) in [7, 11) is 0. The van der Waals surface area contributed by atoms with Gasteiger partial charge in [0.25, 0.3) is 0 Å². The first kappa shape index (κ1) is 11.9. The van der Waals surface area contributed by atoms with Gasteiger partial charge >= 0.3 is 0 Å². The maximum Gasteiger partial charge on any atom is 0.219 e. The van der Waals surface area contributed by atoms with E-state index in [0.29, 0.717) is 5.88 Å². The van der Waals surface area contributed by atoms with Gasteiger partial charge in [-0.3, -0.25) is 0 Å². The maximum atomic E-state index is 13.5. The monoisotopic (exact) mass is 296 g/mol. The van der Waals surface area contributed by atoms with Crippen LogP contribution in [-0.2, 0) is 0 Å². The van der Waals surface area contributed by atoms with Gasteiger partial charge in [-0.05, 0) is 41.1 Å². The number of aryl methyl sites for hydroxylation is 1. The van der Waals surface area contributed by atoms with Gasteiger partial charge in [0.05, 0.1) is 11.4 Å². The number of nitrogen functional groups attached to an aromatic ring is 1. The van der Waals surface area contributed by atoms with Gasteiger partial charge in [-0.25, -0.2) is 9.37 Å². The zero-order chi connectivity index (χ0) is 12.4. The van der Waals surface area contributed by atoms with E-state index in [1.165, 1.54) is 12.1 Å². The molecule has 2 rings (SSSR count). The highest BCUT2D eigenvalue weighted by Crippen LogP contribution is 2.30. The molecule has 0 amide bonds. The first-order valence-electron chi connectivity index (χ1n) is 4.93. The summed E-state index contributed by atoms with van der Waals surface area (Å²) in [4.78, 5) is 4.16. The number of anilines is 1. The van der Waals surface area contributed by atoms with E-state index in [1.54, 1.807) is 18.2 Å². The number of nitrogens with two attached hydrogens (primary N) is 1. The number of rotatable bonds is 2. The molecule has 88 valence electrons. The summed E-state index contributed by atoms with van der Waals surface area (Å²) < 4.78 is 19.7. The van der Waals surface area contributed by atoms with E-state index in [4.69, 9.17) is 10.5 Å². The van der Waals surface area contributed by atoms with Crippen molar-refractivity contribution in [2.75, 3.05) is 5.73 Å². The predicted octanol–water partition coefficient (Wildman–Crippen LogP) is 3.67. The molecule has 2 aromatic rings. The molecule has 0 radical (unpaired) electrons. The predicted molar refractivity (Wildman–Crippen MR) is 67.6 cm³/mol. The number of para-hydroxylation sites is 1. The van der Waals surface area contributed by atoms with Gasteiger partial charge in [0.15, 0.2) is 11.6 Å². The summed E-state index contributed by atoms with van der Waals surface area (Å²) in [5, 5.41) is 0. The Morgan fingerprint density at radius 2 is 2.06 bits per heavy atom. The molecule has 0 aliphatic rings. The molecule has 2 N–H and O–H groups in total. The number of aromatic nitrogens is 1. The van der Waals surface area contributed by atoms with Crippen molar-refractivity contribution in [2.24, 2.45) is 0 Å². The molecule has 0 saturated carbocycles. The molecule has 0 fully saturated rings. The lowest BCUT2D eigenvalue weighted by atomic mass is 10.3. The lowest BCUT2D eigenvalue weighted by Crippen LogP contribution is -1.97. The van der Waals surface area contributed by atoms with Gasteiger partial charge in [0.1, 0.15) is 0 Å². The Hall–Kier alpha value is -1.62. The fourth-order valence-corrected chi connectivity index (χ4v) is 1.54. The fraction of sp³-hybridized carbons (Fsp3) is 0.0833. The normalized spacial score (nSPS) is 10.3. The molecule has 17 heavy (non-hydrogen) atoms. The molecular weight excluding hydrogens is 287 g/mol. The van der Waals surface area contributed by atoms with E-state index >= 15 is 0 Å². The van der Waals surface area contributed by atoms with E-state index in [1.807, 2.05) is 6.92 Å². The number of hydrogen-bond acceptors (Lipinski definition) is 3. The Balaban J connectivity index is 2.35. The van der Waals surface area contributed by atoms with E-state index < -0.39 is 5.82 Å². The molecule has 3 nitrogen and oxygen atoms in total. The van der Waals surface area contributed by atoms with Gasteiger partial charge in [-0.15, -0.1) is 0 Å². The molecule has 0 atom stereocenters. The number of hydrogen-bond donors (Lipinski definition) is 1. The van der Waals surface area contributed by atoms with Crippen LogP contribution in [0.1, 0.15) is 5.69 Å². The molecular formula is C12H10BrFN2O. The molecule has 5 heteroatoms. The van der Waals surface area contributed by atoms with E-state index in [9.17, 15) is 4.39 Å². The zero-order valence-corrected chi connectivity index (χ0v) is 10.7. The molecule has 0 saturated heterocycles. The van der Waals surface area contributed by atoms with Crippen molar-refractivity contribution in [1.29, 1.82) is 0 Å². The van der Waals surface area contributed by atoms with Crippen molar-refractivity contribution in [1.82, 2.24) is 4.98 Å². The number of nitrogens with zero attached hydrogens (tertiary/aromatic N) is 1. The summed E-state index contributed by atoms with van der Waals surface area (Å²) in [6.07, 6.45) is 0. The third-order valence-corrected chi connectivity index (χ3v) is 3.04. The van der Waals surface area contributed by atoms with E-state index in [2.05, 4.69) is 20.9 Å². The minimum Gasteiger partial charge on any atom is -0.434 e. The zero-order valence-electron chi connectivity index (χ0n) is 9.08. The Morgan fingerprint density at radius 3 is 2.71 bits per heavy atom. The smallest absolute Gasteiger partial charge is 0.219 e. The molecule has 1 aromatic carbocycles.